The minimum Gasteiger partial charge on any atom is -0.444 e. The van der Waals surface area contributed by atoms with Gasteiger partial charge in [0.15, 0.2) is 5.96 Å². The number of carbonyl (C=O) groups is 1. The number of carbonyl (C=O) groups excluding carboxylic acids is 1. The van der Waals surface area contributed by atoms with Gasteiger partial charge in [-0.25, -0.2) is 4.79 Å². The van der Waals surface area contributed by atoms with E-state index in [9.17, 15) is 4.79 Å². The van der Waals surface area contributed by atoms with Crippen LogP contribution < -0.4 is 16.0 Å². The van der Waals surface area contributed by atoms with Crippen molar-refractivity contribution in [3.63, 3.8) is 0 Å². The molecule has 1 aliphatic rings. The Hall–Kier alpha value is -1.50. The summed E-state index contributed by atoms with van der Waals surface area (Å²) in [6, 6.07) is 0. The Morgan fingerprint density at radius 3 is 2.42 bits per heavy atom. The van der Waals surface area contributed by atoms with Gasteiger partial charge in [-0.2, -0.15) is 0 Å². The van der Waals surface area contributed by atoms with Crippen molar-refractivity contribution in [2.45, 2.75) is 84.0 Å². The molecule has 0 aromatic carbocycles. The number of rotatable bonds is 8. The molecule has 7 heteroatoms. The lowest BCUT2D eigenvalue weighted by molar-refractivity contribution is 0.0448. The molecule has 0 aliphatic carbocycles. The lowest BCUT2D eigenvalue weighted by Crippen LogP contribution is -2.57. The third-order valence-corrected chi connectivity index (χ3v) is 4.72. The predicted octanol–water partition coefficient (Wildman–Crippen LogP) is 2.80. The van der Waals surface area contributed by atoms with E-state index < -0.39 is 5.60 Å². The molecule has 0 aromatic rings. The molecule has 1 heterocycles. The van der Waals surface area contributed by atoms with Crippen LogP contribution in [-0.2, 0) is 9.47 Å². The van der Waals surface area contributed by atoms with Gasteiger partial charge in [-0.05, 0) is 52.9 Å². The molecule has 0 radical (unpaired) electrons. The van der Waals surface area contributed by atoms with Crippen molar-refractivity contribution in [3.8, 4) is 0 Å². The van der Waals surface area contributed by atoms with Gasteiger partial charge in [0.1, 0.15) is 5.60 Å². The monoisotopic (exact) mass is 370 g/mol. The van der Waals surface area contributed by atoms with Crippen LogP contribution in [0.15, 0.2) is 4.99 Å². The first-order valence-corrected chi connectivity index (χ1v) is 9.81. The van der Waals surface area contributed by atoms with E-state index in [2.05, 4.69) is 34.8 Å². The molecule has 1 aliphatic heterocycles. The fourth-order valence-corrected chi connectivity index (χ4v) is 2.94. The van der Waals surface area contributed by atoms with Crippen LogP contribution in [0, 0.1) is 0 Å². The fraction of sp³-hybridized carbons (Fsp3) is 0.895. The highest BCUT2D eigenvalue weighted by atomic mass is 16.6. The zero-order valence-electron chi connectivity index (χ0n) is 17.4. The standard InChI is InChI=1S/C19H38N4O3/c1-7-19(8-2,23-17(24)26-18(3,4)5)14-22-16(20-6)21-12-11-15-10-9-13-25-15/h15H,7-14H2,1-6H3,(H,23,24)(H2,20,21,22). The molecule has 1 amide bonds. The van der Waals surface area contributed by atoms with E-state index >= 15 is 0 Å². The van der Waals surface area contributed by atoms with E-state index in [1.54, 1.807) is 7.05 Å². The topological polar surface area (TPSA) is 84.0 Å². The number of amides is 1. The number of hydrogen-bond donors (Lipinski definition) is 3. The number of guanidine groups is 1. The number of alkyl carbamates (subject to hydrolysis) is 1. The Morgan fingerprint density at radius 2 is 1.92 bits per heavy atom. The smallest absolute Gasteiger partial charge is 0.408 e. The molecule has 1 rings (SSSR count). The van der Waals surface area contributed by atoms with Crippen molar-refractivity contribution in [1.29, 1.82) is 0 Å². The second-order valence-electron chi connectivity index (χ2n) is 7.89. The molecular weight excluding hydrogens is 332 g/mol. The van der Waals surface area contributed by atoms with E-state index in [4.69, 9.17) is 9.47 Å². The van der Waals surface area contributed by atoms with E-state index in [-0.39, 0.29) is 11.6 Å². The van der Waals surface area contributed by atoms with Gasteiger partial charge in [0.05, 0.1) is 11.6 Å². The van der Waals surface area contributed by atoms with Crippen LogP contribution >= 0.6 is 0 Å². The van der Waals surface area contributed by atoms with Crippen LogP contribution in [0.25, 0.3) is 0 Å². The SMILES string of the molecule is CCC(CC)(CNC(=NC)NCCC1CCCO1)NC(=O)OC(C)(C)C. The summed E-state index contributed by atoms with van der Waals surface area (Å²) in [6.07, 6.45) is 4.84. The molecule has 0 aromatic heterocycles. The molecule has 0 saturated carbocycles. The molecule has 3 N–H and O–H groups in total. The largest absolute Gasteiger partial charge is 0.444 e. The summed E-state index contributed by atoms with van der Waals surface area (Å²) in [5.74, 6) is 0.736. The molecule has 7 nitrogen and oxygen atoms in total. The normalized spacial score (nSPS) is 18.5. The molecule has 1 saturated heterocycles. The Morgan fingerprint density at radius 1 is 1.23 bits per heavy atom. The summed E-state index contributed by atoms with van der Waals surface area (Å²) in [6.45, 7) is 12.0. The fourth-order valence-electron chi connectivity index (χ4n) is 2.94. The third kappa shape index (κ3) is 8.25. The Balaban J connectivity index is 2.49. The average Bonchev–Trinajstić information content (AvgIpc) is 3.08. The van der Waals surface area contributed by atoms with Gasteiger partial charge >= 0.3 is 6.09 Å². The van der Waals surface area contributed by atoms with Crippen LogP contribution in [0.5, 0.6) is 0 Å². The van der Waals surface area contributed by atoms with Gasteiger partial charge in [0.2, 0.25) is 0 Å². The number of aliphatic imine (C=N–C) groups is 1. The maximum Gasteiger partial charge on any atom is 0.408 e. The first kappa shape index (κ1) is 22.5. The molecule has 0 spiro atoms. The van der Waals surface area contributed by atoms with Crippen molar-refractivity contribution in [1.82, 2.24) is 16.0 Å². The van der Waals surface area contributed by atoms with Gasteiger partial charge in [-0.15, -0.1) is 0 Å². The molecule has 1 unspecified atom stereocenters. The number of hydrogen-bond acceptors (Lipinski definition) is 4. The van der Waals surface area contributed by atoms with E-state index in [0.717, 1.165) is 51.2 Å². The third-order valence-electron chi connectivity index (χ3n) is 4.72. The minimum absolute atomic E-state index is 0.361. The lowest BCUT2D eigenvalue weighted by Gasteiger charge is -2.34. The zero-order valence-corrected chi connectivity index (χ0v) is 17.4. The van der Waals surface area contributed by atoms with E-state index in [1.807, 2.05) is 20.8 Å². The summed E-state index contributed by atoms with van der Waals surface area (Å²) in [5.41, 5.74) is -0.890. The van der Waals surface area contributed by atoms with Crippen LogP contribution in [0.2, 0.25) is 0 Å². The van der Waals surface area contributed by atoms with Crippen LogP contribution in [0.4, 0.5) is 4.79 Å². The highest BCUT2D eigenvalue weighted by Gasteiger charge is 2.30. The number of nitrogens with zero attached hydrogens (tertiary/aromatic N) is 1. The van der Waals surface area contributed by atoms with Gasteiger partial charge in [0, 0.05) is 26.7 Å². The predicted molar refractivity (Wildman–Crippen MR) is 106 cm³/mol. The summed E-state index contributed by atoms with van der Waals surface area (Å²) < 4.78 is 11.1. The number of nitrogens with one attached hydrogen (secondary N) is 3. The second kappa shape index (κ2) is 10.6. The molecule has 152 valence electrons. The summed E-state index contributed by atoms with van der Waals surface area (Å²) >= 11 is 0. The molecule has 0 bridgehead atoms. The summed E-state index contributed by atoms with van der Waals surface area (Å²) in [5, 5.41) is 9.70. The maximum absolute atomic E-state index is 12.2. The van der Waals surface area contributed by atoms with E-state index in [1.165, 1.54) is 0 Å². The van der Waals surface area contributed by atoms with Gasteiger partial charge in [-0.1, -0.05) is 13.8 Å². The summed E-state index contributed by atoms with van der Waals surface area (Å²) in [7, 11) is 1.75. The van der Waals surface area contributed by atoms with Crippen LogP contribution in [0.3, 0.4) is 0 Å². The van der Waals surface area contributed by atoms with Crippen molar-refractivity contribution < 1.29 is 14.3 Å². The summed E-state index contributed by atoms with van der Waals surface area (Å²) in [4.78, 5) is 16.5. The average molecular weight is 371 g/mol. The van der Waals surface area contributed by atoms with Gasteiger partial charge < -0.3 is 25.4 Å². The van der Waals surface area contributed by atoms with Crippen molar-refractivity contribution >= 4 is 12.1 Å². The van der Waals surface area contributed by atoms with E-state index in [0.29, 0.717) is 12.6 Å². The first-order valence-electron chi connectivity index (χ1n) is 9.81. The molecule has 1 atom stereocenters. The number of ether oxygens (including phenoxy) is 2. The van der Waals surface area contributed by atoms with Crippen molar-refractivity contribution in [2.75, 3.05) is 26.7 Å². The Kier molecular flexibility index (Phi) is 9.19. The Labute approximate surface area is 158 Å². The molecule has 26 heavy (non-hydrogen) atoms. The maximum atomic E-state index is 12.2. The van der Waals surface area contributed by atoms with Gasteiger partial charge in [-0.3, -0.25) is 4.99 Å². The highest BCUT2D eigenvalue weighted by molar-refractivity contribution is 5.79. The van der Waals surface area contributed by atoms with Crippen LogP contribution in [0.1, 0.15) is 66.7 Å². The molecule has 1 fully saturated rings. The zero-order chi connectivity index (χ0) is 19.6. The van der Waals surface area contributed by atoms with Crippen molar-refractivity contribution in [2.24, 2.45) is 4.99 Å². The lowest BCUT2D eigenvalue weighted by atomic mass is 9.93. The minimum atomic E-state index is -0.509. The highest BCUT2D eigenvalue weighted by Crippen LogP contribution is 2.16. The quantitative estimate of drug-likeness (QED) is 0.452. The van der Waals surface area contributed by atoms with Crippen molar-refractivity contribution in [3.05, 3.63) is 0 Å². The second-order valence-corrected chi connectivity index (χ2v) is 7.89. The van der Waals surface area contributed by atoms with Gasteiger partial charge in [0.25, 0.3) is 0 Å². The Bertz CT molecular complexity index is 450. The first-order chi connectivity index (χ1) is 12.2. The van der Waals surface area contributed by atoms with Crippen LogP contribution in [-0.4, -0.2) is 56.0 Å². The molecular formula is C19H38N4O3.